The van der Waals surface area contributed by atoms with E-state index in [2.05, 4.69) is 15.2 Å². The van der Waals surface area contributed by atoms with Crippen LogP contribution in [-0.4, -0.2) is 48.3 Å². The summed E-state index contributed by atoms with van der Waals surface area (Å²) in [5, 5.41) is 6.05. The molecule has 0 spiro atoms. The quantitative estimate of drug-likeness (QED) is 0.874. The molecule has 0 aromatic heterocycles. The third kappa shape index (κ3) is 3.76. The highest BCUT2D eigenvalue weighted by Gasteiger charge is 2.26. The molecule has 25 heavy (non-hydrogen) atoms. The summed E-state index contributed by atoms with van der Waals surface area (Å²) in [7, 11) is 0. The van der Waals surface area contributed by atoms with Crippen LogP contribution in [0.15, 0.2) is 40.4 Å². The van der Waals surface area contributed by atoms with Gasteiger partial charge in [-0.15, -0.1) is 0 Å². The molecule has 6 nitrogen and oxygen atoms in total. The molecule has 0 radical (unpaired) electrons. The normalized spacial score (nSPS) is 21.3. The van der Waals surface area contributed by atoms with Crippen LogP contribution in [0.2, 0.25) is 0 Å². The minimum atomic E-state index is -0.0303. The van der Waals surface area contributed by atoms with E-state index in [0.29, 0.717) is 19.6 Å². The van der Waals surface area contributed by atoms with Crippen molar-refractivity contribution in [3.8, 4) is 11.5 Å². The Balaban J connectivity index is 1.21. The molecule has 1 unspecified atom stereocenters. The van der Waals surface area contributed by atoms with E-state index in [1.807, 2.05) is 29.7 Å². The van der Waals surface area contributed by atoms with Crippen LogP contribution in [0.25, 0.3) is 0 Å². The molecule has 7 heteroatoms. The average molecular weight is 359 g/mol. The highest BCUT2D eigenvalue weighted by Crippen LogP contribution is 2.32. The van der Waals surface area contributed by atoms with E-state index in [-0.39, 0.29) is 12.0 Å². The van der Waals surface area contributed by atoms with Gasteiger partial charge in [-0.05, 0) is 24.0 Å². The molecule has 3 heterocycles. The second-order valence-corrected chi connectivity index (χ2v) is 7.05. The smallest absolute Gasteiger partial charge is 0.225 e. The number of fused-ring (bicyclic) bond motifs is 2. The second kappa shape index (κ2) is 7.39. The summed E-state index contributed by atoms with van der Waals surface area (Å²) >= 11 is 1.61. The maximum Gasteiger partial charge on any atom is 0.225 e. The summed E-state index contributed by atoms with van der Waals surface area (Å²) in [4.78, 5) is 18.9. The van der Waals surface area contributed by atoms with Crippen molar-refractivity contribution < 1.29 is 14.3 Å². The van der Waals surface area contributed by atoms with E-state index in [9.17, 15) is 4.79 Å². The van der Waals surface area contributed by atoms with Crippen molar-refractivity contribution in [1.29, 1.82) is 0 Å². The number of hydrogen-bond donors (Lipinski definition) is 1. The van der Waals surface area contributed by atoms with Crippen LogP contribution >= 0.6 is 11.8 Å². The molecule has 1 amide bonds. The number of nitrogens with zero attached hydrogens (tertiary/aromatic N) is 2. The Morgan fingerprint density at radius 2 is 2.24 bits per heavy atom. The van der Waals surface area contributed by atoms with Crippen LogP contribution in [0, 0.1) is 0 Å². The number of rotatable bonds is 5. The number of amides is 1. The van der Waals surface area contributed by atoms with Gasteiger partial charge < -0.3 is 19.7 Å². The molecular formula is C18H21N3O3S. The summed E-state index contributed by atoms with van der Waals surface area (Å²) < 4.78 is 11.6. The third-order valence-electron chi connectivity index (χ3n) is 4.36. The van der Waals surface area contributed by atoms with Crippen LogP contribution in [0.3, 0.4) is 0 Å². The van der Waals surface area contributed by atoms with Crippen molar-refractivity contribution in [1.82, 2.24) is 10.2 Å². The zero-order valence-corrected chi connectivity index (χ0v) is 14.8. The molecule has 1 aromatic rings. The van der Waals surface area contributed by atoms with Crippen molar-refractivity contribution in [3.63, 3.8) is 0 Å². The van der Waals surface area contributed by atoms with Gasteiger partial charge in [0, 0.05) is 31.8 Å². The van der Waals surface area contributed by atoms with Gasteiger partial charge in [0.25, 0.3) is 0 Å². The fourth-order valence-corrected chi connectivity index (χ4v) is 4.03. The number of ether oxygens (including phenoxy) is 2. The molecule has 4 rings (SSSR count). The Hall–Kier alpha value is -2.15. The lowest BCUT2D eigenvalue weighted by molar-refractivity contribution is -0.120. The average Bonchev–Trinajstić information content (AvgIpc) is 3.05. The lowest BCUT2D eigenvalue weighted by Crippen LogP contribution is -2.35. The molecule has 0 bridgehead atoms. The van der Waals surface area contributed by atoms with Crippen molar-refractivity contribution in [2.75, 3.05) is 26.2 Å². The first-order valence-corrected chi connectivity index (χ1v) is 9.50. The molecule has 3 aliphatic heterocycles. The number of hydrogen-bond acceptors (Lipinski definition) is 6. The van der Waals surface area contributed by atoms with Gasteiger partial charge in [0.1, 0.15) is 12.7 Å². The predicted octanol–water partition coefficient (Wildman–Crippen LogP) is 2.37. The van der Waals surface area contributed by atoms with Crippen LogP contribution in [-0.2, 0) is 4.79 Å². The van der Waals surface area contributed by atoms with Crippen molar-refractivity contribution in [2.45, 2.75) is 25.4 Å². The highest BCUT2D eigenvalue weighted by atomic mass is 32.2. The summed E-state index contributed by atoms with van der Waals surface area (Å²) in [6.07, 6.45) is 2.14. The van der Waals surface area contributed by atoms with Crippen molar-refractivity contribution in [3.05, 3.63) is 35.4 Å². The van der Waals surface area contributed by atoms with E-state index in [4.69, 9.17) is 9.47 Å². The monoisotopic (exact) mass is 359 g/mol. The molecule has 0 aliphatic carbocycles. The summed E-state index contributed by atoms with van der Waals surface area (Å²) in [6.45, 7) is 2.94. The number of benzene rings is 1. The van der Waals surface area contributed by atoms with E-state index in [1.165, 1.54) is 0 Å². The first-order chi connectivity index (χ1) is 12.3. The molecular weight excluding hydrogens is 338 g/mol. The molecule has 1 N–H and O–H groups in total. The molecule has 1 aromatic carbocycles. The number of nitrogens with one attached hydrogen (secondary N) is 1. The van der Waals surface area contributed by atoms with Gasteiger partial charge in [0.15, 0.2) is 16.7 Å². The Bertz CT molecular complexity index is 719. The zero-order valence-electron chi connectivity index (χ0n) is 13.9. The maximum atomic E-state index is 12.2. The Labute approximate surface area is 151 Å². The van der Waals surface area contributed by atoms with E-state index < -0.39 is 0 Å². The summed E-state index contributed by atoms with van der Waals surface area (Å²) in [5.74, 6) is 1.60. The van der Waals surface area contributed by atoms with Gasteiger partial charge in [-0.3, -0.25) is 9.79 Å². The molecule has 3 aliphatic rings. The van der Waals surface area contributed by atoms with Gasteiger partial charge in [0.05, 0.1) is 6.42 Å². The fourth-order valence-electron chi connectivity index (χ4n) is 3.08. The van der Waals surface area contributed by atoms with E-state index in [1.54, 1.807) is 11.8 Å². The Morgan fingerprint density at radius 1 is 1.36 bits per heavy atom. The largest absolute Gasteiger partial charge is 0.486 e. The number of para-hydroxylation sites is 2. The topological polar surface area (TPSA) is 63.2 Å². The van der Waals surface area contributed by atoms with Crippen molar-refractivity contribution in [2.24, 2.45) is 4.99 Å². The minimum Gasteiger partial charge on any atom is -0.486 e. The SMILES string of the molecule is O=C(CC1=CSC2=NCCCN12)NCCC1COc2ccccc2O1. The Morgan fingerprint density at radius 3 is 3.16 bits per heavy atom. The number of carbonyl (C=O) groups is 1. The first-order valence-electron chi connectivity index (χ1n) is 8.62. The van der Waals surface area contributed by atoms with Gasteiger partial charge in [-0.1, -0.05) is 23.9 Å². The van der Waals surface area contributed by atoms with Gasteiger partial charge in [-0.25, -0.2) is 0 Å². The molecule has 0 saturated heterocycles. The van der Waals surface area contributed by atoms with Crippen molar-refractivity contribution >= 4 is 22.8 Å². The molecule has 1 atom stereocenters. The summed E-state index contributed by atoms with van der Waals surface area (Å²) in [5.41, 5.74) is 1.05. The van der Waals surface area contributed by atoms with Gasteiger partial charge >= 0.3 is 0 Å². The fraction of sp³-hybridized carbons (Fsp3) is 0.444. The van der Waals surface area contributed by atoms with Crippen LogP contribution in [0.5, 0.6) is 11.5 Å². The Kier molecular flexibility index (Phi) is 4.83. The van der Waals surface area contributed by atoms with Crippen LogP contribution < -0.4 is 14.8 Å². The third-order valence-corrected chi connectivity index (χ3v) is 5.31. The highest BCUT2D eigenvalue weighted by molar-refractivity contribution is 8.16. The second-order valence-electron chi connectivity index (χ2n) is 6.21. The predicted molar refractivity (Wildman–Crippen MR) is 97.9 cm³/mol. The lowest BCUT2D eigenvalue weighted by atomic mass is 10.2. The van der Waals surface area contributed by atoms with Crippen LogP contribution in [0.1, 0.15) is 19.3 Å². The van der Waals surface area contributed by atoms with E-state index >= 15 is 0 Å². The summed E-state index contributed by atoms with van der Waals surface area (Å²) in [6, 6.07) is 7.66. The number of aliphatic imine (C=N–C) groups is 1. The molecule has 132 valence electrons. The minimum absolute atomic E-state index is 0.0303. The number of amidine groups is 1. The van der Waals surface area contributed by atoms with Gasteiger partial charge in [0.2, 0.25) is 5.91 Å². The van der Waals surface area contributed by atoms with Crippen LogP contribution in [0.4, 0.5) is 0 Å². The lowest BCUT2D eigenvalue weighted by Gasteiger charge is -2.26. The molecule has 0 saturated carbocycles. The van der Waals surface area contributed by atoms with E-state index in [0.717, 1.165) is 48.3 Å². The molecule has 0 fully saturated rings. The standard InChI is InChI=1S/C18H21N3O3S/c22-17(10-13-12-25-18-20-7-3-9-21(13)18)19-8-6-14-11-23-15-4-1-2-5-16(15)24-14/h1-2,4-5,12,14H,3,6-11H2,(H,19,22). The maximum absolute atomic E-state index is 12.2. The first kappa shape index (κ1) is 16.3. The van der Waals surface area contributed by atoms with Gasteiger partial charge in [-0.2, -0.15) is 0 Å². The number of thioether (sulfide) groups is 1. The number of carbonyl (C=O) groups excluding carboxylic acids is 1. The zero-order chi connectivity index (χ0) is 17.1.